The van der Waals surface area contributed by atoms with Gasteiger partial charge in [-0.3, -0.25) is 4.84 Å². The molecule has 1 aliphatic heterocycles. The van der Waals surface area contributed by atoms with Gasteiger partial charge in [0.25, 0.3) is 0 Å². The summed E-state index contributed by atoms with van der Waals surface area (Å²) < 4.78 is 40.7. The molecule has 116 valence electrons. The second-order valence-electron chi connectivity index (χ2n) is 5.71. The lowest BCUT2D eigenvalue weighted by Gasteiger charge is -2.23. The van der Waals surface area contributed by atoms with Crippen LogP contribution in [0.1, 0.15) is 24.4 Å². The molecule has 1 N–H and O–H groups in total. The van der Waals surface area contributed by atoms with Gasteiger partial charge in [-0.15, -0.1) is 0 Å². The third-order valence-corrected chi connectivity index (χ3v) is 5.83. The Kier molecular flexibility index (Phi) is 4.00. The fraction of sp³-hybridized carbons (Fsp3) is 0.571. The van der Waals surface area contributed by atoms with E-state index >= 15 is 0 Å². The predicted octanol–water partition coefficient (Wildman–Crippen LogP) is 1.44. The van der Waals surface area contributed by atoms with Crippen molar-refractivity contribution in [1.29, 1.82) is 0 Å². The van der Waals surface area contributed by atoms with Gasteiger partial charge in [-0.2, -0.15) is 5.06 Å². The van der Waals surface area contributed by atoms with Crippen LogP contribution in [0.2, 0.25) is 0 Å². The largest absolute Gasteiger partial charge is 0.297 e. The zero-order valence-corrected chi connectivity index (χ0v) is 12.6. The van der Waals surface area contributed by atoms with Crippen LogP contribution < -0.4 is 4.72 Å². The van der Waals surface area contributed by atoms with Crippen LogP contribution in [-0.4, -0.2) is 38.9 Å². The average molecular weight is 314 g/mol. The summed E-state index contributed by atoms with van der Waals surface area (Å²) in [6, 6.07) is 5.46. The van der Waals surface area contributed by atoms with Crippen LogP contribution in [0.3, 0.4) is 0 Å². The lowest BCUT2D eigenvalue weighted by Crippen LogP contribution is -2.40. The highest BCUT2D eigenvalue weighted by molar-refractivity contribution is 7.90. The van der Waals surface area contributed by atoms with Gasteiger partial charge in [-0.1, -0.05) is 12.1 Å². The van der Waals surface area contributed by atoms with Crippen molar-refractivity contribution in [2.24, 2.45) is 5.92 Å². The number of nitrogens with zero attached hydrogens (tertiary/aromatic N) is 1. The summed E-state index contributed by atoms with van der Waals surface area (Å²) in [6.45, 7) is 0.608. The maximum atomic E-state index is 13.0. The zero-order valence-electron chi connectivity index (χ0n) is 11.8. The molecule has 3 rings (SSSR count). The maximum absolute atomic E-state index is 13.0. The van der Waals surface area contributed by atoms with Crippen molar-refractivity contribution in [3.05, 3.63) is 35.6 Å². The van der Waals surface area contributed by atoms with Gasteiger partial charge in [-0.05, 0) is 36.5 Å². The second-order valence-corrected chi connectivity index (χ2v) is 7.70. The molecule has 1 saturated carbocycles. The summed E-state index contributed by atoms with van der Waals surface area (Å²) >= 11 is 0. The Morgan fingerprint density at radius 2 is 2.00 bits per heavy atom. The summed E-state index contributed by atoms with van der Waals surface area (Å²) in [6.07, 6.45) is 2.18. The van der Waals surface area contributed by atoms with Gasteiger partial charge >= 0.3 is 0 Å². The van der Waals surface area contributed by atoms with Gasteiger partial charge in [0.2, 0.25) is 10.0 Å². The number of hydrogen-bond donors (Lipinski definition) is 1. The van der Waals surface area contributed by atoms with E-state index in [-0.39, 0.29) is 12.4 Å². The number of halogens is 1. The fourth-order valence-electron chi connectivity index (χ4n) is 2.60. The molecule has 0 spiro atoms. The van der Waals surface area contributed by atoms with E-state index in [2.05, 4.69) is 4.72 Å². The molecule has 2 aliphatic rings. The van der Waals surface area contributed by atoms with E-state index in [1.165, 1.54) is 17.2 Å². The smallest absolute Gasteiger partial charge is 0.218 e. The Hall–Kier alpha value is -1.02. The Morgan fingerprint density at radius 3 is 2.62 bits per heavy atom. The van der Waals surface area contributed by atoms with Gasteiger partial charge < -0.3 is 0 Å². The number of hydrogen-bond acceptors (Lipinski definition) is 4. The number of benzene rings is 1. The highest BCUT2D eigenvalue weighted by Gasteiger charge is 2.43. The quantitative estimate of drug-likeness (QED) is 0.893. The van der Waals surface area contributed by atoms with E-state index in [0.717, 1.165) is 18.4 Å². The Bertz CT molecular complexity index is 601. The van der Waals surface area contributed by atoms with Crippen molar-refractivity contribution >= 4 is 10.0 Å². The first-order valence-corrected chi connectivity index (χ1v) is 8.62. The molecule has 1 aromatic rings. The normalized spacial score (nSPS) is 27.1. The highest BCUT2D eigenvalue weighted by atomic mass is 32.2. The Labute approximate surface area is 124 Å². The third kappa shape index (κ3) is 3.26. The topological polar surface area (TPSA) is 58.6 Å². The SMILES string of the molecule is CN1OCC(S(=O)(=O)NCC2CC2)C1c1ccc(F)cc1. The molecule has 1 saturated heterocycles. The minimum absolute atomic E-state index is 0.110. The van der Waals surface area contributed by atoms with Gasteiger partial charge in [0.1, 0.15) is 11.1 Å². The number of rotatable bonds is 5. The van der Waals surface area contributed by atoms with Crippen LogP contribution in [0, 0.1) is 11.7 Å². The van der Waals surface area contributed by atoms with Crippen LogP contribution in [0.4, 0.5) is 4.39 Å². The molecular formula is C14H19FN2O3S. The first-order chi connectivity index (χ1) is 9.97. The van der Waals surface area contributed by atoms with Gasteiger partial charge in [0, 0.05) is 13.6 Å². The summed E-state index contributed by atoms with van der Waals surface area (Å²) in [4.78, 5) is 5.39. The fourth-order valence-corrected chi connectivity index (χ4v) is 4.19. The van der Waals surface area contributed by atoms with E-state index in [1.54, 1.807) is 19.2 Å². The first kappa shape index (κ1) is 14.9. The van der Waals surface area contributed by atoms with Gasteiger partial charge in [0.05, 0.1) is 12.6 Å². The van der Waals surface area contributed by atoms with Crippen molar-refractivity contribution in [3.63, 3.8) is 0 Å². The number of sulfonamides is 1. The van der Waals surface area contributed by atoms with Gasteiger partial charge in [0.15, 0.2) is 0 Å². The summed E-state index contributed by atoms with van der Waals surface area (Å²) in [5.74, 6) is 0.135. The predicted molar refractivity (Wildman–Crippen MR) is 76.3 cm³/mol. The van der Waals surface area contributed by atoms with E-state index in [4.69, 9.17) is 4.84 Å². The molecule has 0 aromatic heterocycles. The molecule has 1 aromatic carbocycles. The van der Waals surface area contributed by atoms with Crippen molar-refractivity contribution in [3.8, 4) is 0 Å². The van der Waals surface area contributed by atoms with Crippen molar-refractivity contribution in [2.45, 2.75) is 24.1 Å². The second kappa shape index (κ2) is 5.64. The van der Waals surface area contributed by atoms with Crippen LogP contribution in [0.5, 0.6) is 0 Å². The molecule has 7 heteroatoms. The molecule has 1 aliphatic carbocycles. The summed E-state index contributed by atoms with van der Waals surface area (Å²) in [5.41, 5.74) is 0.734. The molecule has 21 heavy (non-hydrogen) atoms. The van der Waals surface area contributed by atoms with Crippen molar-refractivity contribution in [2.75, 3.05) is 20.2 Å². The molecule has 0 radical (unpaired) electrons. The standard InChI is InChI=1S/C14H19FN2O3S/c1-17-14(11-4-6-12(15)7-5-11)13(9-20-17)21(18,19)16-8-10-2-3-10/h4-7,10,13-14,16H,2-3,8-9H2,1H3. The molecule has 0 amide bonds. The highest BCUT2D eigenvalue weighted by Crippen LogP contribution is 2.34. The first-order valence-electron chi connectivity index (χ1n) is 7.07. The Balaban J connectivity index is 1.80. The summed E-state index contributed by atoms with van der Waals surface area (Å²) in [7, 11) is -1.77. The Morgan fingerprint density at radius 1 is 1.33 bits per heavy atom. The zero-order chi connectivity index (χ0) is 15.0. The van der Waals surface area contributed by atoms with E-state index in [9.17, 15) is 12.8 Å². The minimum atomic E-state index is -3.47. The van der Waals surface area contributed by atoms with Crippen molar-refractivity contribution < 1.29 is 17.6 Å². The molecule has 0 bridgehead atoms. The monoisotopic (exact) mass is 314 g/mol. The number of hydroxylamine groups is 2. The van der Waals surface area contributed by atoms with E-state index in [0.29, 0.717) is 12.5 Å². The van der Waals surface area contributed by atoms with Crippen LogP contribution >= 0.6 is 0 Å². The molecule has 2 fully saturated rings. The lowest BCUT2D eigenvalue weighted by molar-refractivity contribution is -0.110. The molecule has 2 atom stereocenters. The van der Waals surface area contributed by atoms with Crippen LogP contribution in [0.15, 0.2) is 24.3 Å². The van der Waals surface area contributed by atoms with E-state index in [1.807, 2.05) is 0 Å². The molecule has 1 heterocycles. The molecule has 2 unspecified atom stereocenters. The van der Waals surface area contributed by atoms with Crippen LogP contribution in [0.25, 0.3) is 0 Å². The van der Waals surface area contributed by atoms with E-state index < -0.39 is 21.3 Å². The maximum Gasteiger partial charge on any atom is 0.218 e. The molecule has 5 nitrogen and oxygen atoms in total. The number of nitrogens with one attached hydrogen (secondary N) is 1. The minimum Gasteiger partial charge on any atom is -0.297 e. The van der Waals surface area contributed by atoms with Crippen LogP contribution in [-0.2, 0) is 14.9 Å². The lowest BCUT2D eigenvalue weighted by atomic mass is 10.0. The van der Waals surface area contributed by atoms with Gasteiger partial charge in [-0.25, -0.2) is 17.5 Å². The van der Waals surface area contributed by atoms with Crippen molar-refractivity contribution in [1.82, 2.24) is 9.79 Å². The third-order valence-electron chi connectivity index (χ3n) is 4.07. The molecular weight excluding hydrogens is 295 g/mol. The average Bonchev–Trinajstić information content (AvgIpc) is 3.19. The summed E-state index contributed by atoms with van der Waals surface area (Å²) in [5, 5.41) is 0.848.